The summed E-state index contributed by atoms with van der Waals surface area (Å²) in [5.41, 5.74) is -0.281. The molecule has 1 saturated heterocycles. The third kappa shape index (κ3) is 4.74. The van der Waals surface area contributed by atoms with Crippen molar-refractivity contribution in [2.45, 2.75) is 25.5 Å². The highest BCUT2D eigenvalue weighted by Gasteiger charge is 2.31. The van der Waals surface area contributed by atoms with Crippen LogP contribution in [0.5, 0.6) is 0 Å². The molecule has 1 aliphatic heterocycles. The first kappa shape index (κ1) is 17.9. The van der Waals surface area contributed by atoms with Crippen LogP contribution in [-0.4, -0.2) is 43.9 Å². The van der Waals surface area contributed by atoms with Gasteiger partial charge in [0.2, 0.25) is 0 Å². The van der Waals surface area contributed by atoms with Gasteiger partial charge in [-0.05, 0) is 31.5 Å². The maximum atomic E-state index is 13.7. The molecule has 1 aliphatic rings. The highest BCUT2D eigenvalue weighted by molar-refractivity contribution is 9.10. The predicted octanol–water partition coefficient (Wildman–Crippen LogP) is 1.44. The van der Waals surface area contributed by atoms with E-state index in [0.29, 0.717) is 10.9 Å². The number of sulfone groups is 1. The van der Waals surface area contributed by atoms with Crippen LogP contribution in [-0.2, 0) is 19.4 Å². The normalized spacial score (nSPS) is 20.7. The van der Waals surface area contributed by atoms with Gasteiger partial charge in [0, 0.05) is 10.5 Å². The van der Waals surface area contributed by atoms with Gasteiger partial charge in [0.15, 0.2) is 15.9 Å². The minimum Gasteiger partial charge on any atom is -0.449 e. The lowest BCUT2D eigenvalue weighted by Gasteiger charge is -2.16. The minimum absolute atomic E-state index is 0.0240. The third-order valence-corrected chi connectivity index (χ3v) is 5.64. The smallest absolute Gasteiger partial charge is 0.341 e. The fraction of sp³-hybridized carbons (Fsp3) is 0.429. The van der Waals surface area contributed by atoms with Gasteiger partial charge in [-0.2, -0.15) is 0 Å². The van der Waals surface area contributed by atoms with Crippen LogP contribution in [0.25, 0.3) is 0 Å². The summed E-state index contributed by atoms with van der Waals surface area (Å²) in [6, 6.07) is 3.35. The number of rotatable bonds is 4. The van der Waals surface area contributed by atoms with Crippen molar-refractivity contribution in [3.63, 3.8) is 0 Å². The lowest BCUT2D eigenvalue weighted by Crippen LogP contribution is -2.42. The molecule has 1 fully saturated rings. The molecule has 0 radical (unpaired) electrons. The summed E-state index contributed by atoms with van der Waals surface area (Å²) in [7, 11) is -3.12. The SMILES string of the molecule is C[C@H](OC(=O)c1ccc(Br)cc1F)C(=O)N[C@@H]1CCS(=O)(=O)C1. The van der Waals surface area contributed by atoms with Gasteiger partial charge in [-0.25, -0.2) is 17.6 Å². The molecule has 2 rings (SSSR count). The van der Waals surface area contributed by atoms with Crippen molar-refractivity contribution >= 4 is 37.6 Å². The van der Waals surface area contributed by atoms with Gasteiger partial charge in [0.1, 0.15) is 5.82 Å². The Morgan fingerprint density at radius 2 is 2.13 bits per heavy atom. The lowest BCUT2D eigenvalue weighted by atomic mass is 10.2. The fourth-order valence-corrected chi connectivity index (χ4v) is 4.17. The summed E-state index contributed by atoms with van der Waals surface area (Å²) in [6.07, 6.45) is -0.829. The molecule has 2 atom stereocenters. The van der Waals surface area contributed by atoms with Crippen LogP contribution in [0.1, 0.15) is 23.7 Å². The molecule has 0 aliphatic carbocycles. The van der Waals surface area contributed by atoms with E-state index in [1.807, 2.05) is 0 Å². The van der Waals surface area contributed by atoms with E-state index in [2.05, 4.69) is 21.2 Å². The fourth-order valence-electron chi connectivity index (χ4n) is 2.16. The highest BCUT2D eigenvalue weighted by Crippen LogP contribution is 2.17. The lowest BCUT2D eigenvalue weighted by molar-refractivity contribution is -0.129. The molecule has 9 heteroatoms. The monoisotopic (exact) mass is 407 g/mol. The quantitative estimate of drug-likeness (QED) is 0.762. The van der Waals surface area contributed by atoms with E-state index < -0.39 is 39.7 Å². The van der Waals surface area contributed by atoms with Crippen molar-refractivity contribution < 1.29 is 27.1 Å². The molecule has 0 spiro atoms. The molecule has 1 aromatic rings. The standard InChI is InChI=1S/C14H15BrFNO5S/c1-8(13(18)17-10-4-5-23(20,21)7-10)22-14(19)11-3-2-9(15)6-12(11)16/h2-3,6,8,10H,4-5,7H2,1H3,(H,17,18)/t8-,10+/m0/s1. The van der Waals surface area contributed by atoms with E-state index in [0.717, 1.165) is 6.07 Å². The summed E-state index contributed by atoms with van der Waals surface area (Å²) in [5.74, 6) is -2.44. The molecule has 0 unspecified atom stereocenters. The Morgan fingerprint density at radius 3 is 2.70 bits per heavy atom. The maximum Gasteiger partial charge on any atom is 0.341 e. The molecule has 126 valence electrons. The van der Waals surface area contributed by atoms with Gasteiger partial charge in [-0.15, -0.1) is 0 Å². The topological polar surface area (TPSA) is 89.5 Å². The van der Waals surface area contributed by atoms with Gasteiger partial charge in [0.25, 0.3) is 5.91 Å². The third-order valence-electron chi connectivity index (χ3n) is 3.38. The van der Waals surface area contributed by atoms with Gasteiger partial charge < -0.3 is 10.1 Å². The second-order valence-electron chi connectivity index (χ2n) is 5.28. The zero-order valence-electron chi connectivity index (χ0n) is 12.2. The van der Waals surface area contributed by atoms with E-state index in [1.54, 1.807) is 0 Å². The van der Waals surface area contributed by atoms with E-state index in [9.17, 15) is 22.4 Å². The number of benzene rings is 1. The molecule has 0 aromatic heterocycles. The van der Waals surface area contributed by atoms with Gasteiger partial charge in [0.05, 0.1) is 17.1 Å². The summed E-state index contributed by atoms with van der Waals surface area (Å²) in [5, 5.41) is 2.52. The first-order valence-electron chi connectivity index (χ1n) is 6.85. The average molecular weight is 408 g/mol. The van der Waals surface area contributed by atoms with Gasteiger partial charge >= 0.3 is 5.97 Å². The van der Waals surface area contributed by atoms with E-state index >= 15 is 0 Å². The van der Waals surface area contributed by atoms with Crippen LogP contribution in [0.4, 0.5) is 4.39 Å². The van der Waals surface area contributed by atoms with E-state index in [1.165, 1.54) is 19.1 Å². The summed E-state index contributed by atoms with van der Waals surface area (Å²) < 4.78 is 41.7. The molecule has 1 amide bonds. The van der Waals surface area contributed by atoms with Gasteiger partial charge in [-0.1, -0.05) is 15.9 Å². The van der Waals surface area contributed by atoms with Crippen LogP contribution >= 0.6 is 15.9 Å². The number of halogens is 2. The van der Waals surface area contributed by atoms with Crippen molar-refractivity contribution in [3.05, 3.63) is 34.1 Å². The first-order chi connectivity index (χ1) is 10.7. The number of esters is 1. The Balaban J connectivity index is 1.94. The largest absolute Gasteiger partial charge is 0.449 e. The summed E-state index contributed by atoms with van der Waals surface area (Å²) in [6.45, 7) is 1.34. The van der Waals surface area contributed by atoms with Gasteiger partial charge in [-0.3, -0.25) is 4.79 Å². The van der Waals surface area contributed by atoms with Crippen LogP contribution in [0, 0.1) is 5.82 Å². The Bertz CT molecular complexity index is 737. The number of carbonyl (C=O) groups excluding carboxylic acids is 2. The Morgan fingerprint density at radius 1 is 1.43 bits per heavy atom. The zero-order chi connectivity index (χ0) is 17.2. The first-order valence-corrected chi connectivity index (χ1v) is 9.46. The average Bonchev–Trinajstić information content (AvgIpc) is 2.77. The Hall–Kier alpha value is -1.48. The molecule has 1 N–H and O–H groups in total. The van der Waals surface area contributed by atoms with Crippen molar-refractivity contribution in [2.75, 3.05) is 11.5 Å². The van der Waals surface area contributed by atoms with Crippen LogP contribution in [0.2, 0.25) is 0 Å². The highest BCUT2D eigenvalue weighted by atomic mass is 79.9. The van der Waals surface area contributed by atoms with E-state index in [4.69, 9.17) is 4.74 Å². The number of hydrogen-bond acceptors (Lipinski definition) is 5. The summed E-state index contributed by atoms with van der Waals surface area (Å²) >= 11 is 3.07. The predicted molar refractivity (Wildman–Crippen MR) is 84.2 cm³/mol. The van der Waals surface area contributed by atoms with Crippen molar-refractivity contribution in [1.82, 2.24) is 5.32 Å². The molecule has 6 nitrogen and oxygen atoms in total. The van der Waals surface area contributed by atoms with Crippen LogP contribution < -0.4 is 5.32 Å². The van der Waals surface area contributed by atoms with Crippen molar-refractivity contribution in [3.8, 4) is 0 Å². The number of nitrogens with one attached hydrogen (secondary N) is 1. The number of hydrogen-bond donors (Lipinski definition) is 1. The Kier molecular flexibility index (Phi) is 5.41. The molecule has 0 bridgehead atoms. The van der Waals surface area contributed by atoms with Crippen molar-refractivity contribution in [2.24, 2.45) is 0 Å². The van der Waals surface area contributed by atoms with E-state index in [-0.39, 0.29) is 17.1 Å². The molecule has 1 aromatic carbocycles. The number of carbonyl (C=O) groups is 2. The van der Waals surface area contributed by atoms with Crippen LogP contribution in [0.3, 0.4) is 0 Å². The molecule has 23 heavy (non-hydrogen) atoms. The molecular weight excluding hydrogens is 393 g/mol. The second kappa shape index (κ2) is 6.96. The number of amides is 1. The maximum absolute atomic E-state index is 13.7. The molecular formula is C14H15BrFNO5S. The second-order valence-corrected chi connectivity index (χ2v) is 8.42. The minimum atomic E-state index is -3.12. The molecule has 1 heterocycles. The van der Waals surface area contributed by atoms with Crippen molar-refractivity contribution in [1.29, 1.82) is 0 Å². The summed E-state index contributed by atoms with van der Waals surface area (Å²) in [4.78, 5) is 23.8. The zero-order valence-corrected chi connectivity index (χ0v) is 14.6. The number of ether oxygens (including phenoxy) is 1. The van der Waals surface area contributed by atoms with Crippen LogP contribution in [0.15, 0.2) is 22.7 Å². The Labute approximate surface area is 141 Å². The molecule has 0 saturated carbocycles.